The molecule has 0 bridgehead atoms. The van der Waals surface area contributed by atoms with E-state index >= 15 is 0 Å². The molecule has 1 aliphatic rings. The molecule has 2 heterocycles. The zero-order valence-corrected chi connectivity index (χ0v) is 14.1. The highest BCUT2D eigenvalue weighted by Gasteiger charge is 2.33. The molecule has 1 fully saturated rings. The smallest absolute Gasteiger partial charge is 0.335 e. The minimum Gasteiger partial charge on any atom is -0.486 e. The summed E-state index contributed by atoms with van der Waals surface area (Å²) in [6, 6.07) is 14.7. The predicted molar refractivity (Wildman–Crippen MR) is 97.4 cm³/mol. The molecule has 0 amide bonds. The zero-order valence-electron chi connectivity index (χ0n) is 14.1. The fourth-order valence-corrected chi connectivity index (χ4v) is 3.41. The van der Waals surface area contributed by atoms with Gasteiger partial charge in [-0.25, -0.2) is 4.79 Å². The Balaban J connectivity index is 1.42. The summed E-state index contributed by atoms with van der Waals surface area (Å²) >= 11 is 0. The molecule has 26 heavy (non-hydrogen) atoms. The number of aliphatic hydroxyl groups is 1. The number of carboxylic acid groups (broad SMARTS) is 1. The Morgan fingerprint density at radius 1 is 1.19 bits per heavy atom. The monoisotopic (exact) mass is 352 g/mol. The maximum absolute atomic E-state index is 11.1. The highest BCUT2D eigenvalue weighted by atomic mass is 16.5. The molecule has 0 aliphatic carbocycles. The first-order chi connectivity index (χ1) is 12.6. The minimum absolute atomic E-state index is 0.172. The fraction of sp³-hybridized carbons (Fsp3) is 0.250. The molecule has 2 aromatic carbocycles. The van der Waals surface area contributed by atoms with Gasteiger partial charge in [-0.3, -0.25) is 4.90 Å². The SMILES string of the molecule is O=C(O)c1cccc(O[C@@H]2CN(Cc3ccc4cc[nH]c4c3)C[C@H]2O)c1. The number of carboxylic acids is 1. The van der Waals surface area contributed by atoms with E-state index in [0.29, 0.717) is 18.8 Å². The van der Waals surface area contributed by atoms with Crippen molar-refractivity contribution in [3.63, 3.8) is 0 Å². The van der Waals surface area contributed by atoms with Crippen LogP contribution in [0.15, 0.2) is 54.7 Å². The lowest BCUT2D eigenvalue weighted by atomic mass is 10.1. The van der Waals surface area contributed by atoms with Crippen molar-refractivity contribution < 1.29 is 19.7 Å². The van der Waals surface area contributed by atoms with E-state index in [1.54, 1.807) is 12.1 Å². The summed E-state index contributed by atoms with van der Waals surface area (Å²) < 4.78 is 5.84. The highest BCUT2D eigenvalue weighted by Crippen LogP contribution is 2.22. The maximum Gasteiger partial charge on any atom is 0.335 e. The number of aromatic carboxylic acids is 1. The van der Waals surface area contributed by atoms with Gasteiger partial charge in [0.05, 0.1) is 5.56 Å². The van der Waals surface area contributed by atoms with Crippen molar-refractivity contribution in [1.29, 1.82) is 0 Å². The number of aliphatic hydroxyl groups excluding tert-OH is 1. The minimum atomic E-state index is -0.997. The molecule has 134 valence electrons. The number of carbonyl (C=O) groups is 1. The van der Waals surface area contributed by atoms with Crippen LogP contribution in [-0.4, -0.2) is 51.4 Å². The largest absolute Gasteiger partial charge is 0.486 e. The average molecular weight is 352 g/mol. The number of nitrogens with zero attached hydrogens (tertiary/aromatic N) is 1. The first-order valence-corrected chi connectivity index (χ1v) is 8.55. The van der Waals surface area contributed by atoms with Crippen LogP contribution in [0.5, 0.6) is 5.75 Å². The number of nitrogens with one attached hydrogen (secondary N) is 1. The third-order valence-electron chi connectivity index (χ3n) is 4.71. The van der Waals surface area contributed by atoms with Gasteiger partial charge < -0.3 is 19.9 Å². The first-order valence-electron chi connectivity index (χ1n) is 8.55. The second-order valence-corrected chi connectivity index (χ2v) is 6.65. The molecule has 1 saturated heterocycles. The summed E-state index contributed by atoms with van der Waals surface area (Å²) in [5, 5.41) is 20.6. The second kappa shape index (κ2) is 6.82. The number of aromatic amines is 1. The van der Waals surface area contributed by atoms with Crippen molar-refractivity contribution in [3.05, 3.63) is 65.9 Å². The van der Waals surface area contributed by atoms with E-state index in [9.17, 15) is 9.90 Å². The maximum atomic E-state index is 11.1. The molecule has 0 unspecified atom stereocenters. The Morgan fingerprint density at radius 3 is 2.92 bits per heavy atom. The number of ether oxygens (including phenoxy) is 1. The molecule has 3 N–H and O–H groups in total. The molecule has 3 aromatic rings. The van der Waals surface area contributed by atoms with Crippen LogP contribution in [-0.2, 0) is 6.54 Å². The van der Waals surface area contributed by atoms with Crippen LogP contribution >= 0.6 is 0 Å². The molecule has 6 nitrogen and oxygen atoms in total. The van der Waals surface area contributed by atoms with Crippen LogP contribution < -0.4 is 4.74 Å². The summed E-state index contributed by atoms with van der Waals surface area (Å²) in [7, 11) is 0. The van der Waals surface area contributed by atoms with E-state index in [2.05, 4.69) is 28.1 Å². The van der Waals surface area contributed by atoms with E-state index in [1.807, 2.05) is 12.3 Å². The van der Waals surface area contributed by atoms with E-state index < -0.39 is 12.1 Å². The fourth-order valence-electron chi connectivity index (χ4n) is 3.41. The van der Waals surface area contributed by atoms with Crippen LogP contribution in [0.25, 0.3) is 10.9 Å². The lowest BCUT2D eigenvalue weighted by Crippen LogP contribution is -2.30. The number of H-pyrrole nitrogens is 1. The topological polar surface area (TPSA) is 85.8 Å². The number of hydrogen-bond donors (Lipinski definition) is 3. The Morgan fingerprint density at radius 2 is 2.08 bits per heavy atom. The Bertz CT molecular complexity index is 936. The van der Waals surface area contributed by atoms with E-state index in [4.69, 9.17) is 9.84 Å². The van der Waals surface area contributed by atoms with Crippen molar-refractivity contribution in [2.45, 2.75) is 18.8 Å². The van der Waals surface area contributed by atoms with Gasteiger partial charge in [0.1, 0.15) is 18.0 Å². The van der Waals surface area contributed by atoms with Crippen LogP contribution in [0.4, 0.5) is 0 Å². The summed E-state index contributed by atoms with van der Waals surface area (Å²) in [4.78, 5) is 16.4. The predicted octanol–water partition coefficient (Wildman–Crippen LogP) is 2.49. The van der Waals surface area contributed by atoms with Crippen molar-refractivity contribution in [2.75, 3.05) is 13.1 Å². The molecule has 0 radical (unpaired) electrons. The standard InChI is InChI=1S/C20H20N2O4/c23-18-11-22(10-13-4-5-14-6-7-21-17(14)8-13)12-19(18)26-16-3-1-2-15(9-16)20(24)25/h1-9,18-19,21,23H,10-12H2,(H,24,25)/t18-,19-/m1/s1. The summed E-state index contributed by atoms with van der Waals surface area (Å²) in [5.41, 5.74) is 2.44. The van der Waals surface area contributed by atoms with Gasteiger partial charge in [-0.15, -0.1) is 0 Å². The number of rotatable bonds is 5. The van der Waals surface area contributed by atoms with Crippen LogP contribution in [0.3, 0.4) is 0 Å². The van der Waals surface area contributed by atoms with Gasteiger partial charge in [0, 0.05) is 31.3 Å². The highest BCUT2D eigenvalue weighted by molar-refractivity contribution is 5.88. The number of β-amino-alcohol motifs (C(OH)–C–C–N with tert-alkyl or cyclic N) is 1. The van der Waals surface area contributed by atoms with Crippen LogP contribution in [0.1, 0.15) is 15.9 Å². The quantitative estimate of drug-likeness (QED) is 0.657. The number of aromatic nitrogens is 1. The Labute approximate surface area is 150 Å². The second-order valence-electron chi connectivity index (χ2n) is 6.65. The molecular weight excluding hydrogens is 332 g/mol. The molecule has 4 rings (SSSR count). The number of benzene rings is 2. The van der Waals surface area contributed by atoms with Gasteiger partial charge in [-0.05, 0) is 41.3 Å². The van der Waals surface area contributed by atoms with Gasteiger partial charge in [0.25, 0.3) is 0 Å². The molecule has 6 heteroatoms. The zero-order chi connectivity index (χ0) is 18.1. The number of hydrogen-bond acceptors (Lipinski definition) is 4. The Kier molecular flexibility index (Phi) is 4.36. The van der Waals surface area contributed by atoms with Gasteiger partial charge in [0.15, 0.2) is 0 Å². The summed E-state index contributed by atoms with van der Waals surface area (Å²) in [5.74, 6) is -0.535. The number of fused-ring (bicyclic) bond motifs is 1. The molecule has 0 saturated carbocycles. The lowest BCUT2D eigenvalue weighted by molar-refractivity contribution is 0.0688. The van der Waals surface area contributed by atoms with Gasteiger partial charge in [0.2, 0.25) is 0 Å². The van der Waals surface area contributed by atoms with Crippen LogP contribution in [0, 0.1) is 0 Å². The normalized spacial score (nSPS) is 20.5. The molecule has 1 aliphatic heterocycles. The molecule has 2 atom stereocenters. The number of likely N-dealkylation sites (tertiary alicyclic amines) is 1. The van der Waals surface area contributed by atoms with E-state index in [0.717, 1.165) is 12.1 Å². The third-order valence-corrected chi connectivity index (χ3v) is 4.71. The van der Waals surface area contributed by atoms with Gasteiger partial charge in [-0.2, -0.15) is 0 Å². The van der Waals surface area contributed by atoms with Crippen molar-refractivity contribution in [3.8, 4) is 5.75 Å². The first kappa shape index (κ1) is 16.6. The summed E-state index contributed by atoms with van der Waals surface area (Å²) in [6.07, 6.45) is 0.925. The third kappa shape index (κ3) is 3.42. The molecule has 1 aromatic heterocycles. The summed E-state index contributed by atoms with van der Waals surface area (Å²) in [6.45, 7) is 1.83. The molecule has 0 spiro atoms. The lowest BCUT2D eigenvalue weighted by Gasteiger charge is -2.17. The van der Waals surface area contributed by atoms with Crippen molar-refractivity contribution in [2.24, 2.45) is 0 Å². The van der Waals surface area contributed by atoms with E-state index in [-0.39, 0.29) is 11.7 Å². The van der Waals surface area contributed by atoms with Crippen molar-refractivity contribution in [1.82, 2.24) is 9.88 Å². The van der Waals surface area contributed by atoms with Gasteiger partial charge >= 0.3 is 5.97 Å². The van der Waals surface area contributed by atoms with Crippen LogP contribution in [0.2, 0.25) is 0 Å². The van der Waals surface area contributed by atoms with Crippen molar-refractivity contribution >= 4 is 16.9 Å². The molecular formula is C20H20N2O4. The van der Waals surface area contributed by atoms with Gasteiger partial charge in [-0.1, -0.05) is 18.2 Å². The van der Waals surface area contributed by atoms with E-state index in [1.165, 1.54) is 23.1 Å². The Hall–Kier alpha value is -2.83. The average Bonchev–Trinajstić information content (AvgIpc) is 3.21.